The van der Waals surface area contributed by atoms with Crippen LogP contribution in [0.4, 0.5) is 0 Å². The minimum absolute atomic E-state index is 0.703. The molecule has 0 aliphatic heterocycles. The van der Waals surface area contributed by atoms with Crippen LogP contribution in [0.2, 0.25) is 0 Å². The fourth-order valence-electron chi connectivity index (χ4n) is 1.08. The second kappa shape index (κ2) is 4.78. The van der Waals surface area contributed by atoms with Crippen LogP contribution in [0.1, 0.15) is 12.5 Å². The molecule has 1 aromatic carbocycles. The quantitative estimate of drug-likeness (QED) is 0.652. The molecule has 0 saturated heterocycles. The predicted octanol–water partition coefficient (Wildman–Crippen LogP) is 0.726. The Balaban J connectivity index is 2.77. The molecular formula is C10H14NO. The van der Waals surface area contributed by atoms with E-state index in [1.807, 2.05) is 31.2 Å². The van der Waals surface area contributed by atoms with E-state index >= 15 is 0 Å². The number of nitrogens with one attached hydrogen (secondary N) is 1. The van der Waals surface area contributed by atoms with Crippen molar-refractivity contribution >= 4 is 0 Å². The molecule has 1 N–H and O–H groups in total. The normalized spacial score (nSPS) is 9.83. The number of para-hydroxylation sites is 1. The average Bonchev–Trinajstić information content (AvgIpc) is 2.09. The number of ether oxygens (including phenoxy) is 1. The van der Waals surface area contributed by atoms with Gasteiger partial charge in [-0.1, -0.05) is 12.1 Å². The average molecular weight is 164 g/mol. The third-order valence-corrected chi connectivity index (χ3v) is 1.59. The van der Waals surface area contributed by atoms with Gasteiger partial charge in [0.25, 0.3) is 0 Å². The topological polar surface area (TPSA) is 24.8 Å². The summed E-state index contributed by atoms with van der Waals surface area (Å²) >= 11 is 0. The monoisotopic (exact) mass is 164 g/mol. The van der Waals surface area contributed by atoms with Gasteiger partial charge in [-0.3, -0.25) is 0 Å². The molecule has 1 radical (unpaired) electrons. The maximum absolute atomic E-state index is 5.42. The van der Waals surface area contributed by atoms with Gasteiger partial charge in [0.15, 0.2) is 0 Å². The Labute approximate surface area is 73.6 Å². The van der Waals surface area contributed by atoms with E-state index in [0.717, 1.165) is 17.9 Å². The van der Waals surface area contributed by atoms with Gasteiger partial charge < -0.3 is 10.1 Å². The van der Waals surface area contributed by atoms with Crippen molar-refractivity contribution in [3.8, 4) is 5.75 Å². The Kier molecular flexibility index (Phi) is 3.61. The molecule has 1 aromatic rings. The van der Waals surface area contributed by atoms with Gasteiger partial charge in [-0.15, -0.1) is 7.05 Å². The van der Waals surface area contributed by atoms with Crippen LogP contribution in [0.15, 0.2) is 24.3 Å². The van der Waals surface area contributed by atoms with Gasteiger partial charge in [0, 0.05) is 0 Å². The Morgan fingerprint density at radius 2 is 2.17 bits per heavy atom. The van der Waals surface area contributed by atoms with Gasteiger partial charge >= 0.3 is 0 Å². The first-order valence-corrected chi connectivity index (χ1v) is 4.09. The largest absolute Gasteiger partial charge is 0.493 e. The van der Waals surface area contributed by atoms with Crippen LogP contribution in [-0.2, 0) is 6.54 Å². The lowest BCUT2D eigenvalue weighted by atomic mass is 10.2. The summed E-state index contributed by atoms with van der Waals surface area (Å²) in [6.07, 6.45) is 0. The Bertz CT molecular complexity index is 210. The van der Waals surface area contributed by atoms with Crippen molar-refractivity contribution in [3.63, 3.8) is 0 Å². The van der Waals surface area contributed by atoms with Crippen LogP contribution in [0, 0.1) is 7.05 Å². The van der Waals surface area contributed by atoms with Crippen molar-refractivity contribution in [2.75, 3.05) is 6.61 Å². The number of benzene rings is 1. The molecule has 0 unspecified atom stereocenters. The van der Waals surface area contributed by atoms with Crippen LogP contribution in [0.3, 0.4) is 0 Å². The van der Waals surface area contributed by atoms with Crippen molar-refractivity contribution in [2.45, 2.75) is 13.5 Å². The zero-order valence-corrected chi connectivity index (χ0v) is 7.34. The Morgan fingerprint density at radius 1 is 1.42 bits per heavy atom. The van der Waals surface area contributed by atoms with E-state index in [0.29, 0.717) is 6.61 Å². The molecule has 0 heterocycles. The summed E-state index contributed by atoms with van der Waals surface area (Å²) in [5.41, 5.74) is 1.15. The van der Waals surface area contributed by atoms with Gasteiger partial charge in [0.2, 0.25) is 0 Å². The molecule has 65 valence electrons. The minimum atomic E-state index is 0.703. The molecule has 0 aromatic heterocycles. The highest BCUT2D eigenvalue weighted by Gasteiger charge is 2.01. The molecule has 1 rings (SSSR count). The van der Waals surface area contributed by atoms with Crippen LogP contribution < -0.4 is 10.1 Å². The first kappa shape index (κ1) is 9.07. The van der Waals surface area contributed by atoms with Crippen molar-refractivity contribution in [1.29, 1.82) is 0 Å². The van der Waals surface area contributed by atoms with E-state index in [-0.39, 0.29) is 0 Å². The van der Waals surface area contributed by atoms with E-state index < -0.39 is 0 Å². The summed E-state index contributed by atoms with van der Waals surface area (Å²) < 4.78 is 5.42. The lowest BCUT2D eigenvalue weighted by Gasteiger charge is -2.07. The SMILES string of the molecule is [CH2-][NH+]Cc1ccccc1OCC. The molecular weight excluding hydrogens is 150 g/mol. The fourth-order valence-corrected chi connectivity index (χ4v) is 1.08. The molecule has 2 heteroatoms. The zero-order valence-electron chi connectivity index (χ0n) is 7.34. The van der Waals surface area contributed by atoms with Crippen molar-refractivity contribution in [1.82, 2.24) is 0 Å². The summed E-state index contributed by atoms with van der Waals surface area (Å²) in [6, 6.07) is 7.96. The number of hydrogen-bond acceptors (Lipinski definition) is 2. The summed E-state index contributed by atoms with van der Waals surface area (Å²) in [7, 11) is 3.58. The molecule has 0 aliphatic rings. The molecule has 0 saturated carbocycles. The molecule has 0 fully saturated rings. The van der Waals surface area contributed by atoms with Gasteiger partial charge in [0.05, 0.1) is 12.2 Å². The van der Waals surface area contributed by atoms with Crippen LogP contribution >= 0.6 is 0 Å². The van der Waals surface area contributed by atoms with E-state index in [9.17, 15) is 0 Å². The Hall–Kier alpha value is -1.02. The highest BCUT2D eigenvalue weighted by molar-refractivity contribution is 5.32. The number of hydrogen-bond donors (Lipinski definition) is 1. The second-order valence-corrected chi connectivity index (χ2v) is 2.47. The molecule has 0 amide bonds. The summed E-state index contributed by atoms with van der Waals surface area (Å²) in [5, 5.41) is 2.85. The second-order valence-electron chi connectivity index (χ2n) is 2.47. The van der Waals surface area contributed by atoms with Crippen LogP contribution in [-0.4, -0.2) is 6.61 Å². The van der Waals surface area contributed by atoms with Crippen molar-refractivity contribution in [2.24, 2.45) is 0 Å². The van der Waals surface area contributed by atoms with Crippen molar-refractivity contribution < 1.29 is 10.1 Å². The molecule has 0 bridgehead atoms. The molecule has 0 aliphatic carbocycles. The molecule has 0 spiro atoms. The van der Waals surface area contributed by atoms with Gasteiger partial charge in [-0.05, 0) is 19.1 Å². The predicted molar refractivity (Wildman–Crippen MR) is 47.6 cm³/mol. The van der Waals surface area contributed by atoms with E-state index in [4.69, 9.17) is 4.74 Å². The summed E-state index contributed by atoms with van der Waals surface area (Å²) in [4.78, 5) is 0. The first-order chi connectivity index (χ1) is 5.88. The maximum Gasteiger partial charge on any atom is 0.128 e. The lowest BCUT2D eigenvalue weighted by molar-refractivity contribution is -0.612. The summed E-state index contributed by atoms with van der Waals surface area (Å²) in [5.74, 6) is 0.941. The molecule has 2 nitrogen and oxygen atoms in total. The Morgan fingerprint density at radius 3 is 2.83 bits per heavy atom. The molecule has 0 atom stereocenters. The maximum atomic E-state index is 5.42. The summed E-state index contributed by atoms with van der Waals surface area (Å²) in [6.45, 7) is 3.43. The standard InChI is InChI=1S/C10H14NO/c1-3-12-10-7-5-4-6-9(10)8-11-2/h4-7,11H,2-3,8H2,1H3. The smallest absolute Gasteiger partial charge is 0.128 e. The zero-order chi connectivity index (χ0) is 8.81. The third-order valence-electron chi connectivity index (χ3n) is 1.59. The highest BCUT2D eigenvalue weighted by Crippen LogP contribution is 2.16. The van der Waals surface area contributed by atoms with Crippen LogP contribution in [0.5, 0.6) is 5.75 Å². The third kappa shape index (κ3) is 2.24. The van der Waals surface area contributed by atoms with Crippen LogP contribution in [0.25, 0.3) is 0 Å². The lowest BCUT2D eigenvalue weighted by Crippen LogP contribution is -2.74. The van der Waals surface area contributed by atoms with E-state index in [1.165, 1.54) is 0 Å². The fraction of sp³-hybridized carbons (Fsp3) is 0.300. The first-order valence-electron chi connectivity index (χ1n) is 4.09. The van der Waals surface area contributed by atoms with Crippen molar-refractivity contribution in [3.05, 3.63) is 36.9 Å². The minimum Gasteiger partial charge on any atom is -0.493 e. The number of rotatable bonds is 4. The highest BCUT2D eigenvalue weighted by atomic mass is 16.5. The van der Waals surface area contributed by atoms with Gasteiger partial charge in [-0.25, -0.2) is 0 Å². The van der Waals surface area contributed by atoms with Gasteiger partial charge in [0.1, 0.15) is 12.3 Å². The molecule has 12 heavy (non-hydrogen) atoms. The van der Waals surface area contributed by atoms with E-state index in [1.54, 1.807) is 0 Å². The van der Waals surface area contributed by atoms with Gasteiger partial charge in [-0.2, -0.15) is 0 Å². The van der Waals surface area contributed by atoms with E-state index in [2.05, 4.69) is 12.4 Å².